The lowest BCUT2D eigenvalue weighted by Gasteiger charge is -2.16. The van der Waals surface area contributed by atoms with Gasteiger partial charge in [-0.1, -0.05) is 23.7 Å². The number of carbonyl (C=O) groups is 2. The lowest BCUT2D eigenvalue weighted by Crippen LogP contribution is -2.31. The fraction of sp³-hybridized carbons (Fsp3) is 0.125. The Labute approximate surface area is 140 Å². The van der Waals surface area contributed by atoms with E-state index in [0.717, 1.165) is 9.80 Å². The molecular formula is C16H10ClF3N2O2. The molecule has 1 aliphatic heterocycles. The molecule has 1 fully saturated rings. The van der Waals surface area contributed by atoms with Crippen molar-refractivity contribution >= 4 is 29.2 Å². The number of urea groups is 1. The highest BCUT2D eigenvalue weighted by Gasteiger charge is 2.45. The van der Waals surface area contributed by atoms with Gasteiger partial charge in [0, 0.05) is 7.05 Å². The van der Waals surface area contributed by atoms with Crippen LogP contribution >= 0.6 is 11.6 Å². The summed E-state index contributed by atoms with van der Waals surface area (Å²) in [5.74, 6) is -5.24. The van der Waals surface area contributed by atoms with Gasteiger partial charge < -0.3 is 4.90 Å². The molecule has 2 aromatic rings. The van der Waals surface area contributed by atoms with Crippen LogP contribution in [0.4, 0.5) is 23.7 Å². The number of hydrogen-bond donors (Lipinski definition) is 0. The summed E-state index contributed by atoms with van der Waals surface area (Å²) < 4.78 is 40.0. The second kappa shape index (κ2) is 5.83. The molecule has 4 nitrogen and oxygen atoms in total. The van der Waals surface area contributed by atoms with E-state index in [1.807, 2.05) is 0 Å². The molecule has 0 N–H and O–H groups in total. The number of carbonyl (C=O) groups excluding carboxylic acids is 2. The minimum absolute atomic E-state index is 0.159. The SMILES string of the molecule is CN1C(=O)N(c2ccccc2Cl)C(=O)[C@H]1c1cc(F)c(F)c(F)c1. The van der Waals surface area contributed by atoms with Crippen LogP contribution in [0.15, 0.2) is 36.4 Å². The lowest BCUT2D eigenvalue weighted by molar-refractivity contribution is -0.119. The monoisotopic (exact) mass is 354 g/mol. The van der Waals surface area contributed by atoms with Crippen LogP contribution in [0, 0.1) is 17.5 Å². The first-order chi connectivity index (χ1) is 11.3. The molecule has 3 amide bonds. The zero-order valence-electron chi connectivity index (χ0n) is 12.3. The van der Waals surface area contributed by atoms with Gasteiger partial charge >= 0.3 is 6.03 Å². The van der Waals surface area contributed by atoms with Gasteiger partial charge in [-0.05, 0) is 29.8 Å². The average Bonchev–Trinajstić information content (AvgIpc) is 2.75. The van der Waals surface area contributed by atoms with Crippen LogP contribution in [0.25, 0.3) is 0 Å². The molecule has 0 radical (unpaired) electrons. The first-order valence-electron chi connectivity index (χ1n) is 6.82. The van der Waals surface area contributed by atoms with Crippen LogP contribution in [0.3, 0.4) is 0 Å². The number of halogens is 4. The van der Waals surface area contributed by atoms with E-state index in [-0.39, 0.29) is 16.3 Å². The molecule has 8 heteroatoms. The number of benzene rings is 2. The van der Waals surface area contributed by atoms with Crippen LogP contribution in [0.1, 0.15) is 11.6 Å². The summed E-state index contributed by atoms with van der Waals surface area (Å²) in [6, 6.07) is 5.60. The zero-order valence-corrected chi connectivity index (χ0v) is 13.0. The molecule has 24 heavy (non-hydrogen) atoms. The molecule has 124 valence electrons. The smallest absolute Gasteiger partial charge is 0.311 e. The molecule has 1 saturated heterocycles. The normalized spacial score (nSPS) is 17.8. The number of rotatable bonds is 2. The molecule has 0 spiro atoms. The molecule has 1 aliphatic rings. The van der Waals surface area contributed by atoms with E-state index in [2.05, 4.69) is 0 Å². The van der Waals surface area contributed by atoms with E-state index >= 15 is 0 Å². The maximum Gasteiger partial charge on any atom is 0.332 e. The molecule has 0 aliphatic carbocycles. The Morgan fingerprint density at radius 3 is 2.21 bits per heavy atom. The van der Waals surface area contributed by atoms with Crippen LogP contribution in [0.5, 0.6) is 0 Å². The third-order valence-corrected chi connectivity index (χ3v) is 4.07. The maximum atomic E-state index is 13.5. The molecule has 3 rings (SSSR count). The van der Waals surface area contributed by atoms with Crippen molar-refractivity contribution in [1.29, 1.82) is 0 Å². The molecule has 1 heterocycles. The first kappa shape index (κ1) is 16.3. The fourth-order valence-electron chi connectivity index (χ4n) is 2.60. The highest BCUT2D eigenvalue weighted by atomic mass is 35.5. The predicted molar refractivity (Wildman–Crippen MR) is 81.2 cm³/mol. The Kier molecular flexibility index (Phi) is 3.96. The van der Waals surface area contributed by atoms with Gasteiger partial charge in [-0.25, -0.2) is 22.9 Å². The maximum absolute atomic E-state index is 13.5. The van der Waals surface area contributed by atoms with Gasteiger partial charge in [0.05, 0.1) is 10.7 Å². The predicted octanol–water partition coefficient (Wildman–Crippen LogP) is 3.90. The molecule has 0 unspecified atom stereocenters. The van der Waals surface area contributed by atoms with E-state index in [1.54, 1.807) is 12.1 Å². The van der Waals surface area contributed by atoms with Crippen LogP contribution in [-0.2, 0) is 4.79 Å². The van der Waals surface area contributed by atoms with Crippen LogP contribution in [-0.4, -0.2) is 23.9 Å². The van der Waals surface area contributed by atoms with Crippen LogP contribution < -0.4 is 4.90 Å². The van der Waals surface area contributed by atoms with E-state index < -0.39 is 35.4 Å². The number of likely N-dealkylation sites (N-methyl/N-ethyl adjacent to an activating group) is 1. The molecule has 0 saturated carbocycles. The van der Waals surface area contributed by atoms with Gasteiger partial charge in [0.15, 0.2) is 17.5 Å². The highest BCUT2D eigenvalue weighted by molar-refractivity contribution is 6.35. The molecule has 0 bridgehead atoms. The zero-order chi connectivity index (χ0) is 17.6. The third kappa shape index (κ3) is 2.41. The van der Waals surface area contributed by atoms with Crippen molar-refractivity contribution in [3.05, 3.63) is 64.4 Å². The van der Waals surface area contributed by atoms with Crippen molar-refractivity contribution in [3.63, 3.8) is 0 Å². The number of hydrogen-bond acceptors (Lipinski definition) is 2. The molecule has 0 aromatic heterocycles. The van der Waals surface area contributed by atoms with E-state index in [1.165, 1.54) is 19.2 Å². The molecule has 1 atom stereocenters. The Bertz CT molecular complexity index is 836. The van der Waals surface area contributed by atoms with Crippen molar-refractivity contribution in [1.82, 2.24) is 4.90 Å². The fourth-order valence-corrected chi connectivity index (χ4v) is 2.82. The Morgan fingerprint density at radius 2 is 1.62 bits per heavy atom. The summed E-state index contributed by atoms with van der Waals surface area (Å²) in [6.45, 7) is 0. The number of para-hydroxylation sites is 1. The van der Waals surface area contributed by atoms with Gasteiger partial charge in [-0.3, -0.25) is 4.79 Å². The molecular weight excluding hydrogens is 345 g/mol. The minimum atomic E-state index is -1.64. The first-order valence-corrected chi connectivity index (χ1v) is 7.20. The quantitative estimate of drug-likeness (QED) is 0.606. The second-order valence-corrected chi connectivity index (χ2v) is 5.63. The minimum Gasteiger partial charge on any atom is -0.311 e. The van der Waals surface area contributed by atoms with Crippen LogP contribution in [0.2, 0.25) is 5.02 Å². The standard InChI is InChI=1S/C16H10ClF3N2O2/c1-21-14(8-6-10(18)13(20)11(19)7-8)15(23)22(16(21)24)12-5-3-2-4-9(12)17/h2-7,14H,1H3/t14-/m1/s1. The summed E-state index contributed by atoms with van der Waals surface area (Å²) in [4.78, 5) is 26.9. The summed E-state index contributed by atoms with van der Waals surface area (Å²) in [5, 5.41) is 0.171. The van der Waals surface area contributed by atoms with E-state index in [4.69, 9.17) is 11.6 Å². The number of amides is 3. The Morgan fingerprint density at radius 1 is 1.04 bits per heavy atom. The van der Waals surface area contributed by atoms with E-state index in [0.29, 0.717) is 12.1 Å². The molecule has 2 aromatic carbocycles. The van der Waals surface area contributed by atoms with Crippen molar-refractivity contribution in [2.45, 2.75) is 6.04 Å². The van der Waals surface area contributed by atoms with Gasteiger partial charge in [-0.2, -0.15) is 0 Å². The van der Waals surface area contributed by atoms with Crippen molar-refractivity contribution < 1.29 is 22.8 Å². The van der Waals surface area contributed by atoms with Crippen molar-refractivity contribution in [2.75, 3.05) is 11.9 Å². The van der Waals surface area contributed by atoms with Gasteiger partial charge in [0.25, 0.3) is 5.91 Å². The Balaban J connectivity index is 2.07. The van der Waals surface area contributed by atoms with Crippen molar-refractivity contribution in [3.8, 4) is 0 Å². The number of anilines is 1. The third-order valence-electron chi connectivity index (χ3n) is 3.75. The summed E-state index contributed by atoms with van der Waals surface area (Å²) in [6.07, 6.45) is 0. The number of nitrogens with zero attached hydrogens (tertiary/aromatic N) is 2. The number of imide groups is 1. The van der Waals surface area contributed by atoms with E-state index in [9.17, 15) is 22.8 Å². The summed E-state index contributed by atoms with van der Waals surface area (Å²) in [5.41, 5.74) is -0.00613. The van der Waals surface area contributed by atoms with Gasteiger partial charge in [0.2, 0.25) is 0 Å². The Hall–Kier alpha value is -2.54. The van der Waals surface area contributed by atoms with Gasteiger partial charge in [0.1, 0.15) is 6.04 Å². The lowest BCUT2D eigenvalue weighted by atomic mass is 10.1. The van der Waals surface area contributed by atoms with Crippen molar-refractivity contribution in [2.24, 2.45) is 0 Å². The average molecular weight is 355 g/mol. The highest BCUT2D eigenvalue weighted by Crippen LogP contribution is 2.36. The summed E-state index contributed by atoms with van der Waals surface area (Å²) in [7, 11) is 1.31. The largest absolute Gasteiger partial charge is 0.332 e. The second-order valence-electron chi connectivity index (χ2n) is 5.22. The van der Waals surface area contributed by atoms with Gasteiger partial charge in [-0.15, -0.1) is 0 Å². The topological polar surface area (TPSA) is 40.6 Å². The summed E-state index contributed by atoms with van der Waals surface area (Å²) >= 11 is 6.01.